The van der Waals surface area contributed by atoms with Gasteiger partial charge in [0, 0.05) is 22.5 Å². The molecule has 1 aliphatic rings. The van der Waals surface area contributed by atoms with Crippen molar-refractivity contribution in [1.29, 1.82) is 0 Å². The second-order valence-electron chi connectivity index (χ2n) is 15.9. The van der Waals surface area contributed by atoms with Crippen LogP contribution < -0.4 is 9.47 Å². The maximum atomic E-state index is 13.9. The van der Waals surface area contributed by atoms with Gasteiger partial charge in [-0.25, -0.2) is 9.79 Å². The summed E-state index contributed by atoms with van der Waals surface area (Å²) in [5.74, 6) is 0.970. The Morgan fingerprint density at radius 3 is 1.71 bits per heavy atom. The van der Waals surface area contributed by atoms with E-state index in [0.29, 0.717) is 11.6 Å². The van der Waals surface area contributed by atoms with Gasteiger partial charge in [0.25, 0.3) is 0 Å². The molecule has 1 aliphatic heterocycles. The first-order valence-electron chi connectivity index (χ1n) is 15.0. The molecule has 0 saturated carbocycles. The van der Waals surface area contributed by atoms with Crippen molar-refractivity contribution in [1.82, 2.24) is 4.90 Å². The summed E-state index contributed by atoms with van der Waals surface area (Å²) in [5, 5.41) is 0. The van der Waals surface area contributed by atoms with Gasteiger partial charge >= 0.3 is 12.1 Å². The highest BCUT2D eigenvalue weighted by Crippen LogP contribution is 2.44. The van der Waals surface area contributed by atoms with Gasteiger partial charge in [-0.05, 0) is 49.7 Å². The van der Waals surface area contributed by atoms with Crippen molar-refractivity contribution in [3.63, 3.8) is 0 Å². The molecule has 0 aromatic heterocycles. The molecule has 1 amide bonds. The molecule has 1 aromatic carbocycles. The molecule has 0 aliphatic carbocycles. The van der Waals surface area contributed by atoms with E-state index in [1.54, 1.807) is 19.1 Å². The zero-order valence-corrected chi connectivity index (χ0v) is 29.0. The van der Waals surface area contributed by atoms with Crippen LogP contribution in [0.25, 0.3) is 0 Å². The van der Waals surface area contributed by atoms with Crippen molar-refractivity contribution in [2.75, 3.05) is 14.2 Å². The second kappa shape index (κ2) is 12.5. The van der Waals surface area contributed by atoms with E-state index in [0.717, 1.165) is 16.9 Å². The molecule has 1 unspecified atom stereocenters. The number of hydrogen-bond donors (Lipinski definition) is 0. The Labute approximate surface area is 254 Å². The first-order valence-corrected chi connectivity index (χ1v) is 15.0. The van der Waals surface area contributed by atoms with E-state index in [1.807, 2.05) is 67.5 Å². The van der Waals surface area contributed by atoms with E-state index in [2.05, 4.69) is 41.5 Å². The monoisotopic (exact) mass is 588 g/mol. The molecule has 238 valence electrons. The van der Waals surface area contributed by atoms with Gasteiger partial charge in [-0.3, -0.25) is 9.69 Å². The van der Waals surface area contributed by atoms with Crippen molar-refractivity contribution in [3.05, 3.63) is 23.3 Å². The quantitative estimate of drug-likeness (QED) is 0.248. The molecule has 1 aromatic rings. The number of amides is 1. The highest BCUT2D eigenvalue weighted by atomic mass is 16.6. The van der Waals surface area contributed by atoms with Crippen LogP contribution >= 0.6 is 0 Å². The predicted molar refractivity (Wildman–Crippen MR) is 169 cm³/mol. The van der Waals surface area contributed by atoms with Crippen molar-refractivity contribution >= 4 is 18.0 Å². The molecule has 2 rings (SSSR count). The van der Waals surface area contributed by atoms with Crippen LogP contribution in [-0.2, 0) is 25.1 Å². The smallest absolute Gasteiger partial charge is 0.412 e. The number of carbonyl (C=O) groups excluding carboxylic acids is 2. The lowest BCUT2D eigenvalue weighted by Crippen LogP contribution is -2.54. The molecule has 8 heteroatoms. The predicted octanol–water partition coefficient (Wildman–Crippen LogP) is 7.89. The van der Waals surface area contributed by atoms with Gasteiger partial charge < -0.3 is 18.9 Å². The number of benzene rings is 1. The van der Waals surface area contributed by atoms with Gasteiger partial charge in [-0.1, -0.05) is 76.2 Å². The van der Waals surface area contributed by atoms with Crippen LogP contribution in [0, 0.1) is 17.3 Å². The Bertz CT molecular complexity index is 1120. The number of esters is 1. The minimum absolute atomic E-state index is 0.00778. The topological polar surface area (TPSA) is 86.7 Å². The molecule has 8 nitrogen and oxygen atoms in total. The maximum Gasteiger partial charge on any atom is 0.412 e. The minimum atomic E-state index is -0.701. The standard InChI is InChI=1S/C34H56N2O6/c1-20(2)22(26-28(40-16)35-29(33(9,10)11)36(26)30(38)42-34(12,13)14)19-25(37)41-27-23(31(3,4)5)17-21(39-15)18-24(27)32(6,7)8/h17-18,20,22,26,29H,19H2,1-16H3/t22?,26-,29-/m1/s1. The van der Waals surface area contributed by atoms with Gasteiger partial charge in [0.05, 0.1) is 20.6 Å². The maximum absolute atomic E-state index is 13.9. The fourth-order valence-electron chi connectivity index (χ4n) is 5.24. The zero-order valence-electron chi connectivity index (χ0n) is 29.0. The van der Waals surface area contributed by atoms with Crippen LogP contribution in [0.3, 0.4) is 0 Å². The Hall–Kier alpha value is -2.77. The van der Waals surface area contributed by atoms with Gasteiger partial charge in [-0.2, -0.15) is 0 Å². The lowest BCUT2D eigenvalue weighted by Gasteiger charge is -2.40. The van der Waals surface area contributed by atoms with Crippen LogP contribution in [0.2, 0.25) is 0 Å². The minimum Gasteiger partial charge on any atom is -0.497 e. The van der Waals surface area contributed by atoms with E-state index >= 15 is 0 Å². The molecule has 1 heterocycles. The van der Waals surface area contributed by atoms with Crippen molar-refractivity contribution in [2.45, 2.75) is 132 Å². The molecule has 0 saturated heterocycles. The van der Waals surface area contributed by atoms with E-state index in [1.165, 1.54) is 0 Å². The van der Waals surface area contributed by atoms with Gasteiger partial charge in [0.1, 0.15) is 29.3 Å². The normalized spacial score (nSPS) is 19.0. The molecule has 42 heavy (non-hydrogen) atoms. The highest BCUT2D eigenvalue weighted by molar-refractivity contribution is 5.90. The summed E-state index contributed by atoms with van der Waals surface area (Å²) in [7, 11) is 3.20. The molecule has 0 N–H and O–H groups in total. The third kappa shape index (κ3) is 8.41. The Morgan fingerprint density at radius 1 is 0.857 bits per heavy atom. The van der Waals surface area contributed by atoms with Gasteiger partial charge in [0.2, 0.25) is 5.90 Å². The molecule has 3 atom stereocenters. The van der Waals surface area contributed by atoms with E-state index < -0.39 is 29.3 Å². The Kier molecular flexibility index (Phi) is 10.5. The molecule has 0 spiro atoms. The number of hydrogen-bond acceptors (Lipinski definition) is 7. The molecular formula is C34H56N2O6. The first kappa shape index (κ1) is 35.4. The van der Waals surface area contributed by atoms with Crippen molar-refractivity contribution < 1.29 is 28.5 Å². The zero-order chi connectivity index (χ0) is 32.6. The summed E-state index contributed by atoms with van der Waals surface area (Å²) in [4.78, 5) is 34.1. The van der Waals surface area contributed by atoms with E-state index in [9.17, 15) is 9.59 Å². The van der Waals surface area contributed by atoms with Crippen LogP contribution in [0.15, 0.2) is 17.1 Å². The summed E-state index contributed by atoms with van der Waals surface area (Å²) >= 11 is 0. The highest BCUT2D eigenvalue weighted by Gasteiger charge is 2.51. The number of methoxy groups -OCH3 is 2. The second-order valence-corrected chi connectivity index (χ2v) is 15.9. The van der Waals surface area contributed by atoms with Crippen LogP contribution in [0.5, 0.6) is 11.5 Å². The average molecular weight is 589 g/mol. The van der Waals surface area contributed by atoms with E-state index in [-0.39, 0.29) is 35.1 Å². The number of ether oxygens (including phenoxy) is 4. The number of aliphatic imine (C=N–C) groups is 1. The van der Waals surface area contributed by atoms with Gasteiger partial charge in [-0.15, -0.1) is 0 Å². The molecule has 0 bridgehead atoms. The Balaban J connectivity index is 2.60. The SMILES string of the molecule is COC1=N[C@@H](C(C)(C)C)N(C(=O)OC(C)(C)C)[C@@H]1C(CC(=O)Oc1c(C(C)(C)C)cc(OC)cc1C(C)(C)C)C(C)C. The number of carbonyl (C=O) groups is 2. The van der Waals surface area contributed by atoms with Crippen LogP contribution in [0.1, 0.15) is 114 Å². The fraction of sp³-hybridized carbons (Fsp3) is 0.735. The third-order valence-electron chi connectivity index (χ3n) is 7.45. The summed E-state index contributed by atoms with van der Waals surface area (Å²) < 4.78 is 23.6. The summed E-state index contributed by atoms with van der Waals surface area (Å²) in [6, 6.07) is 3.30. The molecule has 0 radical (unpaired) electrons. The van der Waals surface area contributed by atoms with Gasteiger partial charge in [0.15, 0.2) is 0 Å². The third-order valence-corrected chi connectivity index (χ3v) is 7.45. The number of rotatable bonds is 6. The largest absolute Gasteiger partial charge is 0.497 e. The Morgan fingerprint density at radius 2 is 1.36 bits per heavy atom. The van der Waals surface area contributed by atoms with E-state index in [4.69, 9.17) is 23.9 Å². The lowest BCUT2D eigenvalue weighted by molar-refractivity contribution is -0.136. The first-order chi connectivity index (χ1) is 18.9. The summed E-state index contributed by atoms with van der Waals surface area (Å²) in [6.07, 6.45) is -0.950. The van der Waals surface area contributed by atoms with Crippen LogP contribution in [-0.4, -0.2) is 54.9 Å². The lowest BCUT2D eigenvalue weighted by atomic mass is 9.79. The molecular weight excluding hydrogens is 532 g/mol. The fourth-order valence-corrected chi connectivity index (χ4v) is 5.24. The van der Waals surface area contributed by atoms with Crippen molar-refractivity contribution in [3.8, 4) is 11.5 Å². The number of nitrogens with zero attached hydrogens (tertiary/aromatic N) is 2. The van der Waals surface area contributed by atoms with Crippen LogP contribution in [0.4, 0.5) is 4.79 Å². The molecule has 0 fully saturated rings. The average Bonchev–Trinajstić information content (AvgIpc) is 3.20. The summed E-state index contributed by atoms with van der Waals surface area (Å²) in [5.41, 5.74) is 0.0675. The summed E-state index contributed by atoms with van der Waals surface area (Å²) in [6.45, 7) is 28.2. The van der Waals surface area contributed by atoms with Crippen molar-refractivity contribution in [2.24, 2.45) is 22.2 Å².